The smallest absolute Gasteiger partial charge is 0.317 e. The molecule has 0 radical (unpaired) electrons. The standard InChI is InChI=1S/C20H30O4/c1-13(2)5-20(9-16(20,3)4)15(21)24-19-8-14-6-17(22,11-19)10-18(23,7-14)12-19/h5,14,22-23H,6-12H2,1-4H3. The first kappa shape index (κ1) is 16.6. The Hall–Kier alpha value is -0.870. The highest BCUT2D eigenvalue weighted by molar-refractivity contribution is 5.85. The van der Waals surface area contributed by atoms with E-state index in [2.05, 4.69) is 19.9 Å². The van der Waals surface area contributed by atoms with Gasteiger partial charge in [-0.05, 0) is 50.9 Å². The van der Waals surface area contributed by atoms with Gasteiger partial charge in [0.05, 0.1) is 16.6 Å². The summed E-state index contributed by atoms with van der Waals surface area (Å²) >= 11 is 0. The molecule has 24 heavy (non-hydrogen) atoms. The fourth-order valence-electron chi connectivity index (χ4n) is 6.45. The van der Waals surface area contributed by atoms with E-state index in [0.717, 1.165) is 31.3 Å². The lowest BCUT2D eigenvalue weighted by Gasteiger charge is -2.62. The van der Waals surface area contributed by atoms with Gasteiger partial charge in [0.15, 0.2) is 0 Å². The zero-order valence-electron chi connectivity index (χ0n) is 15.3. The van der Waals surface area contributed by atoms with E-state index in [4.69, 9.17) is 4.74 Å². The fourth-order valence-corrected chi connectivity index (χ4v) is 6.45. The fraction of sp³-hybridized carbons (Fsp3) is 0.850. The summed E-state index contributed by atoms with van der Waals surface area (Å²) in [5.74, 6) is 0.0958. The number of hydrogen-bond donors (Lipinski definition) is 2. The molecule has 4 heteroatoms. The zero-order valence-corrected chi connectivity index (χ0v) is 15.3. The summed E-state index contributed by atoms with van der Waals surface area (Å²) in [5, 5.41) is 21.7. The first-order valence-corrected chi connectivity index (χ1v) is 9.25. The maximum atomic E-state index is 13.1. The first-order chi connectivity index (χ1) is 10.9. The molecule has 3 unspecified atom stereocenters. The molecule has 0 aliphatic heterocycles. The Morgan fingerprint density at radius 2 is 1.54 bits per heavy atom. The van der Waals surface area contributed by atoms with Crippen molar-refractivity contribution in [3.05, 3.63) is 11.6 Å². The molecule has 134 valence electrons. The van der Waals surface area contributed by atoms with Crippen LogP contribution in [0, 0.1) is 16.7 Å². The van der Waals surface area contributed by atoms with Crippen LogP contribution in [0.2, 0.25) is 0 Å². The molecular formula is C20H30O4. The van der Waals surface area contributed by atoms with E-state index in [0.29, 0.717) is 19.3 Å². The molecule has 3 atom stereocenters. The van der Waals surface area contributed by atoms with Gasteiger partial charge in [-0.15, -0.1) is 0 Å². The molecule has 2 N–H and O–H groups in total. The summed E-state index contributed by atoms with van der Waals surface area (Å²) in [6.45, 7) is 8.24. The van der Waals surface area contributed by atoms with Crippen LogP contribution in [0.15, 0.2) is 11.6 Å². The molecule has 0 amide bonds. The van der Waals surface area contributed by atoms with Crippen molar-refractivity contribution in [3.8, 4) is 0 Å². The van der Waals surface area contributed by atoms with Gasteiger partial charge in [-0.25, -0.2) is 0 Å². The van der Waals surface area contributed by atoms with Crippen LogP contribution in [-0.2, 0) is 9.53 Å². The number of aliphatic hydroxyl groups is 2. The second-order valence-corrected chi connectivity index (χ2v) is 10.3. The maximum Gasteiger partial charge on any atom is 0.317 e. The third-order valence-corrected chi connectivity index (χ3v) is 6.97. The molecule has 4 bridgehead atoms. The summed E-state index contributed by atoms with van der Waals surface area (Å²) in [7, 11) is 0. The van der Waals surface area contributed by atoms with Crippen LogP contribution < -0.4 is 0 Å². The van der Waals surface area contributed by atoms with Gasteiger partial charge >= 0.3 is 5.97 Å². The van der Waals surface area contributed by atoms with Crippen molar-refractivity contribution in [3.63, 3.8) is 0 Å². The highest BCUT2D eigenvalue weighted by Gasteiger charge is 2.69. The van der Waals surface area contributed by atoms with Crippen LogP contribution in [0.3, 0.4) is 0 Å². The molecule has 5 rings (SSSR count). The summed E-state index contributed by atoms with van der Waals surface area (Å²) < 4.78 is 6.14. The molecule has 4 nitrogen and oxygen atoms in total. The van der Waals surface area contributed by atoms with Gasteiger partial charge in [0.25, 0.3) is 0 Å². The predicted octanol–water partition coefficient (Wildman–Crippen LogP) is 3.11. The maximum absolute atomic E-state index is 13.1. The number of carbonyl (C=O) groups is 1. The van der Waals surface area contributed by atoms with Crippen molar-refractivity contribution >= 4 is 5.97 Å². The van der Waals surface area contributed by atoms with Gasteiger partial charge < -0.3 is 14.9 Å². The molecule has 5 fully saturated rings. The Kier molecular flexibility index (Phi) is 3.07. The quantitative estimate of drug-likeness (QED) is 0.615. The average molecular weight is 334 g/mol. The number of hydrogen-bond acceptors (Lipinski definition) is 4. The Labute approximate surface area is 144 Å². The monoisotopic (exact) mass is 334 g/mol. The Bertz CT molecular complexity index is 612. The van der Waals surface area contributed by atoms with Crippen LogP contribution in [0.4, 0.5) is 0 Å². The highest BCUT2D eigenvalue weighted by atomic mass is 16.6. The Morgan fingerprint density at radius 3 is 1.96 bits per heavy atom. The lowest BCUT2D eigenvalue weighted by molar-refractivity contribution is -0.263. The Balaban J connectivity index is 1.62. The number of allylic oxidation sites excluding steroid dienone is 1. The van der Waals surface area contributed by atoms with Gasteiger partial charge in [0.1, 0.15) is 5.60 Å². The Morgan fingerprint density at radius 1 is 1.00 bits per heavy atom. The highest BCUT2D eigenvalue weighted by Crippen LogP contribution is 2.67. The van der Waals surface area contributed by atoms with E-state index in [1.807, 2.05) is 13.8 Å². The predicted molar refractivity (Wildman–Crippen MR) is 90.2 cm³/mol. The van der Waals surface area contributed by atoms with E-state index >= 15 is 0 Å². The van der Waals surface area contributed by atoms with E-state index in [-0.39, 0.29) is 17.3 Å². The normalized spacial score (nSPS) is 50.5. The van der Waals surface area contributed by atoms with E-state index in [9.17, 15) is 15.0 Å². The summed E-state index contributed by atoms with van der Waals surface area (Å²) in [4.78, 5) is 13.1. The molecule has 0 aromatic heterocycles. The lowest BCUT2D eigenvalue weighted by Crippen LogP contribution is -2.67. The van der Waals surface area contributed by atoms with Gasteiger partial charge in [-0.1, -0.05) is 25.5 Å². The van der Waals surface area contributed by atoms with E-state index in [1.165, 1.54) is 0 Å². The molecule has 0 aromatic carbocycles. The molecule has 0 heterocycles. The third-order valence-electron chi connectivity index (χ3n) is 6.97. The minimum atomic E-state index is -0.864. The van der Waals surface area contributed by atoms with Crippen LogP contribution in [0.1, 0.15) is 72.6 Å². The summed E-state index contributed by atoms with van der Waals surface area (Å²) in [6, 6.07) is 0. The number of ether oxygens (including phenoxy) is 1. The summed E-state index contributed by atoms with van der Waals surface area (Å²) in [5.41, 5.74) is -1.91. The molecule has 0 spiro atoms. The van der Waals surface area contributed by atoms with Crippen LogP contribution in [-0.4, -0.2) is 33.0 Å². The minimum absolute atomic E-state index is 0.0859. The third kappa shape index (κ3) is 2.29. The topological polar surface area (TPSA) is 66.8 Å². The number of rotatable bonds is 3. The second kappa shape index (κ2) is 4.45. The van der Waals surface area contributed by atoms with Gasteiger partial charge in [-0.3, -0.25) is 4.79 Å². The zero-order chi connectivity index (χ0) is 17.6. The molecule has 0 saturated heterocycles. The minimum Gasteiger partial charge on any atom is -0.458 e. The molecule has 0 aromatic rings. The molecule has 5 saturated carbocycles. The van der Waals surface area contributed by atoms with Crippen LogP contribution in [0.25, 0.3) is 0 Å². The average Bonchev–Trinajstić information content (AvgIpc) is 2.85. The molecule has 5 aliphatic carbocycles. The van der Waals surface area contributed by atoms with Gasteiger partial charge in [-0.2, -0.15) is 0 Å². The number of carbonyl (C=O) groups excluding carboxylic acids is 1. The van der Waals surface area contributed by atoms with Crippen molar-refractivity contribution < 1.29 is 19.7 Å². The van der Waals surface area contributed by atoms with Gasteiger partial charge in [0, 0.05) is 19.3 Å². The summed E-state index contributed by atoms with van der Waals surface area (Å²) in [6.07, 6.45) is 6.51. The first-order valence-electron chi connectivity index (χ1n) is 9.25. The van der Waals surface area contributed by atoms with Crippen molar-refractivity contribution in [2.75, 3.05) is 0 Å². The van der Waals surface area contributed by atoms with Crippen LogP contribution in [0.5, 0.6) is 0 Å². The van der Waals surface area contributed by atoms with E-state index in [1.54, 1.807) is 0 Å². The lowest BCUT2D eigenvalue weighted by atomic mass is 9.50. The van der Waals surface area contributed by atoms with Crippen molar-refractivity contribution in [2.45, 2.75) is 89.4 Å². The van der Waals surface area contributed by atoms with E-state index < -0.39 is 22.2 Å². The van der Waals surface area contributed by atoms with Crippen molar-refractivity contribution in [1.29, 1.82) is 0 Å². The van der Waals surface area contributed by atoms with Crippen molar-refractivity contribution in [2.24, 2.45) is 16.7 Å². The SMILES string of the molecule is CC(C)=CC1(C(=O)OC23CC4CC(O)(CC(O)(C4)C2)C3)CC1(C)C. The van der Waals surface area contributed by atoms with Crippen LogP contribution >= 0.6 is 0 Å². The molecule has 5 aliphatic rings. The largest absolute Gasteiger partial charge is 0.458 e. The second-order valence-electron chi connectivity index (χ2n) is 10.3. The number of esters is 1. The van der Waals surface area contributed by atoms with Crippen molar-refractivity contribution in [1.82, 2.24) is 0 Å². The molecular weight excluding hydrogens is 304 g/mol. The van der Waals surface area contributed by atoms with Gasteiger partial charge in [0.2, 0.25) is 0 Å².